The van der Waals surface area contributed by atoms with Crippen LogP contribution in [0, 0.1) is 6.92 Å². The standard InChI is InChI=1S/C13H21NO2/c1-10-5-6-13(15)12(7-10)8-14(3)11(2)9-16-4/h5-7,11,15H,8-9H2,1-4H3. The second-order valence-electron chi connectivity index (χ2n) is 4.35. The number of hydrogen-bond acceptors (Lipinski definition) is 3. The van der Waals surface area contributed by atoms with Crippen LogP contribution in [-0.2, 0) is 11.3 Å². The maximum Gasteiger partial charge on any atom is 0.120 e. The molecule has 90 valence electrons. The van der Waals surface area contributed by atoms with Crippen molar-refractivity contribution in [2.24, 2.45) is 0 Å². The largest absolute Gasteiger partial charge is 0.508 e. The van der Waals surface area contributed by atoms with Gasteiger partial charge in [-0.1, -0.05) is 17.7 Å². The first-order chi connectivity index (χ1) is 7.54. The Hall–Kier alpha value is -1.06. The third kappa shape index (κ3) is 3.51. The van der Waals surface area contributed by atoms with Crippen molar-refractivity contribution in [1.29, 1.82) is 0 Å². The molecule has 0 saturated heterocycles. The second kappa shape index (κ2) is 5.87. The number of rotatable bonds is 5. The molecule has 1 atom stereocenters. The van der Waals surface area contributed by atoms with Crippen LogP contribution in [0.5, 0.6) is 5.75 Å². The van der Waals surface area contributed by atoms with Gasteiger partial charge in [0.25, 0.3) is 0 Å². The summed E-state index contributed by atoms with van der Waals surface area (Å²) < 4.78 is 5.11. The lowest BCUT2D eigenvalue weighted by Crippen LogP contribution is -2.32. The summed E-state index contributed by atoms with van der Waals surface area (Å²) in [5.74, 6) is 0.363. The van der Waals surface area contributed by atoms with Crippen molar-refractivity contribution in [3.63, 3.8) is 0 Å². The van der Waals surface area contributed by atoms with Crippen molar-refractivity contribution < 1.29 is 9.84 Å². The van der Waals surface area contributed by atoms with Gasteiger partial charge in [0.05, 0.1) is 6.61 Å². The highest BCUT2D eigenvalue weighted by Gasteiger charge is 2.11. The number of likely N-dealkylation sites (N-methyl/N-ethyl adjacent to an activating group) is 1. The zero-order valence-corrected chi connectivity index (χ0v) is 10.5. The molecule has 0 aromatic heterocycles. The summed E-state index contributed by atoms with van der Waals surface area (Å²) in [7, 11) is 3.74. The lowest BCUT2D eigenvalue weighted by atomic mass is 10.1. The first kappa shape index (κ1) is 13.0. The van der Waals surface area contributed by atoms with E-state index in [2.05, 4.69) is 11.8 Å². The summed E-state index contributed by atoms with van der Waals surface area (Å²) in [6.45, 7) is 5.57. The molecule has 0 heterocycles. The quantitative estimate of drug-likeness (QED) is 0.830. The van der Waals surface area contributed by atoms with Crippen LogP contribution in [0.4, 0.5) is 0 Å². The van der Waals surface area contributed by atoms with Gasteiger partial charge in [0.2, 0.25) is 0 Å². The lowest BCUT2D eigenvalue weighted by Gasteiger charge is -2.24. The molecule has 0 aliphatic carbocycles. The molecule has 0 spiro atoms. The highest BCUT2D eigenvalue weighted by atomic mass is 16.5. The van der Waals surface area contributed by atoms with Crippen LogP contribution >= 0.6 is 0 Å². The predicted octanol–water partition coefficient (Wildman–Crippen LogP) is 2.17. The summed E-state index contributed by atoms with van der Waals surface area (Å²) in [6.07, 6.45) is 0. The molecule has 1 unspecified atom stereocenters. The molecule has 0 saturated carbocycles. The smallest absolute Gasteiger partial charge is 0.120 e. The first-order valence-electron chi connectivity index (χ1n) is 5.52. The van der Waals surface area contributed by atoms with Crippen molar-refractivity contribution in [1.82, 2.24) is 4.90 Å². The van der Waals surface area contributed by atoms with E-state index >= 15 is 0 Å². The molecule has 1 N–H and O–H groups in total. The van der Waals surface area contributed by atoms with E-state index in [4.69, 9.17) is 4.74 Å². The molecule has 16 heavy (non-hydrogen) atoms. The molecule has 0 aliphatic heterocycles. The Bertz CT molecular complexity index is 339. The second-order valence-corrected chi connectivity index (χ2v) is 4.35. The molecule has 3 nitrogen and oxygen atoms in total. The summed E-state index contributed by atoms with van der Waals surface area (Å²) in [5.41, 5.74) is 2.13. The minimum Gasteiger partial charge on any atom is -0.508 e. The Kier molecular flexibility index (Phi) is 4.77. The van der Waals surface area contributed by atoms with E-state index in [0.717, 1.165) is 12.1 Å². The molecule has 0 aliphatic rings. The number of aryl methyl sites for hydroxylation is 1. The van der Waals surface area contributed by atoms with Crippen LogP contribution < -0.4 is 0 Å². The predicted molar refractivity (Wildman–Crippen MR) is 65.6 cm³/mol. The minimum atomic E-state index is 0.338. The molecular formula is C13H21NO2. The highest BCUT2D eigenvalue weighted by Crippen LogP contribution is 2.20. The minimum absolute atomic E-state index is 0.338. The Morgan fingerprint density at radius 1 is 1.44 bits per heavy atom. The number of aromatic hydroxyl groups is 1. The van der Waals surface area contributed by atoms with Crippen LogP contribution in [0.2, 0.25) is 0 Å². The molecule has 3 heteroatoms. The van der Waals surface area contributed by atoms with Crippen LogP contribution in [0.3, 0.4) is 0 Å². The molecule has 0 bridgehead atoms. The van der Waals surface area contributed by atoms with Gasteiger partial charge < -0.3 is 9.84 Å². The molecular weight excluding hydrogens is 202 g/mol. The maximum absolute atomic E-state index is 9.74. The van der Waals surface area contributed by atoms with Gasteiger partial charge in [-0.25, -0.2) is 0 Å². The van der Waals surface area contributed by atoms with Crippen molar-refractivity contribution in [3.05, 3.63) is 29.3 Å². The van der Waals surface area contributed by atoms with Gasteiger partial charge in [-0.3, -0.25) is 4.90 Å². The number of hydrogen-bond donors (Lipinski definition) is 1. The Labute approximate surface area is 97.7 Å². The van der Waals surface area contributed by atoms with E-state index in [1.165, 1.54) is 5.56 Å². The normalized spacial score (nSPS) is 13.1. The van der Waals surface area contributed by atoms with Gasteiger partial charge in [0.15, 0.2) is 0 Å². The topological polar surface area (TPSA) is 32.7 Å². The number of phenols is 1. The van der Waals surface area contributed by atoms with E-state index in [1.54, 1.807) is 13.2 Å². The summed E-state index contributed by atoms with van der Waals surface area (Å²) in [6, 6.07) is 6.02. The van der Waals surface area contributed by atoms with Crippen LogP contribution in [-0.4, -0.2) is 36.8 Å². The van der Waals surface area contributed by atoms with Crippen LogP contribution in [0.15, 0.2) is 18.2 Å². The Balaban J connectivity index is 2.68. The van der Waals surface area contributed by atoms with Gasteiger partial charge in [-0.05, 0) is 27.0 Å². The molecule has 0 radical (unpaired) electrons. The van der Waals surface area contributed by atoms with Gasteiger partial charge in [-0.15, -0.1) is 0 Å². The monoisotopic (exact) mass is 223 g/mol. The fourth-order valence-electron chi connectivity index (χ4n) is 1.63. The van der Waals surface area contributed by atoms with Crippen molar-refractivity contribution in [3.8, 4) is 5.75 Å². The highest BCUT2D eigenvalue weighted by molar-refractivity contribution is 5.35. The van der Waals surface area contributed by atoms with E-state index in [9.17, 15) is 5.11 Å². The summed E-state index contributed by atoms with van der Waals surface area (Å²) in [5, 5.41) is 9.74. The average Bonchev–Trinajstić information content (AvgIpc) is 2.23. The van der Waals surface area contributed by atoms with Gasteiger partial charge in [0, 0.05) is 25.3 Å². The Morgan fingerprint density at radius 2 is 2.12 bits per heavy atom. The molecule has 1 rings (SSSR count). The number of methoxy groups -OCH3 is 1. The van der Waals surface area contributed by atoms with Crippen LogP contribution in [0.1, 0.15) is 18.1 Å². The zero-order valence-electron chi connectivity index (χ0n) is 10.5. The molecule has 1 aromatic carbocycles. The van der Waals surface area contributed by atoms with Gasteiger partial charge in [0.1, 0.15) is 5.75 Å². The number of phenolic OH excluding ortho intramolecular Hbond substituents is 1. The van der Waals surface area contributed by atoms with E-state index in [0.29, 0.717) is 18.4 Å². The van der Waals surface area contributed by atoms with Crippen molar-refractivity contribution in [2.75, 3.05) is 20.8 Å². The summed E-state index contributed by atoms with van der Waals surface area (Å²) >= 11 is 0. The first-order valence-corrected chi connectivity index (χ1v) is 5.52. The Morgan fingerprint density at radius 3 is 2.75 bits per heavy atom. The zero-order chi connectivity index (χ0) is 12.1. The SMILES string of the molecule is COCC(C)N(C)Cc1cc(C)ccc1O. The number of ether oxygens (including phenoxy) is 1. The maximum atomic E-state index is 9.74. The molecule has 0 amide bonds. The van der Waals surface area contributed by atoms with Crippen LogP contribution in [0.25, 0.3) is 0 Å². The lowest BCUT2D eigenvalue weighted by molar-refractivity contribution is 0.111. The average molecular weight is 223 g/mol. The fourth-order valence-corrected chi connectivity index (χ4v) is 1.63. The van der Waals surface area contributed by atoms with E-state index < -0.39 is 0 Å². The molecule has 0 fully saturated rings. The van der Waals surface area contributed by atoms with Crippen molar-refractivity contribution >= 4 is 0 Å². The van der Waals surface area contributed by atoms with Gasteiger partial charge >= 0.3 is 0 Å². The number of nitrogens with zero attached hydrogens (tertiary/aromatic N) is 1. The molecule has 1 aromatic rings. The van der Waals surface area contributed by atoms with E-state index in [1.807, 2.05) is 26.1 Å². The third-order valence-corrected chi connectivity index (χ3v) is 2.82. The third-order valence-electron chi connectivity index (χ3n) is 2.82. The van der Waals surface area contributed by atoms with Crippen molar-refractivity contribution in [2.45, 2.75) is 26.4 Å². The summed E-state index contributed by atoms with van der Waals surface area (Å²) in [4.78, 5) is 2.16. The van der Waals surface area contributed by atoms with E-state index in [-0.39, 0.29) is 0 Å². The van der Waals surface area contributed by atoms with Gasteiger partial charge in [-0.2, -0.15) is 0 Å². The number of benzene rings is 1. The fraction of sp³-hybridized carbons (Fsp3) is 0.538.